The van der Waals surface area contributed by atoms with E-state index >= 15 is 0 Å². The Morgan fingerprint density at radius 3 is 2.79 bits per heavy atom. The first kappa shape index (κ1) is 18.9. The molecule has 1 saturated heterocycles. The summed E-state index contributed by atoms with van der Waals surface area (Å²) in [5.74, 6) is 0.642. The largest absolute Gasteiger partial charge is 0.492 e. The van der Waals surface area contributed by atoms with Gasteiger partial charge in [-0.3, -0.25) is 4.79 Å². The highest BCUT2D eigenvalue weighted by Crippen LogP contribution is 2.35. The van der Waals surface area contributed by atoms with E-state index in [1.807, 2.05) is 6.92 Å². The van der Waals surface area contributed by atoms with Crippen LogP contribution >= 0.6 is 11.3 Å². The summed E-state index contributed by atoms with van der Waals surface area (Å²) in [6, 6.07) is 8.39. The summed E-state index contributed by atoms with van der Waals surface area (Å²) in [5, 5.41) is 15.4. The predicted molar refractivity (Wildman–Crippen MR) is 108 cm³/mol. The summed E-state index contributed by atoms with van der Waals surface area (Å²) in [5.41, 5.74) is 7.85. The zero-order valence-corrected chi connectivity index (χ0v) is 17.0. The van der Waals surface area contributed by atoms with E-state index in [0.29, 0.717) is 4.96 Å². The molecule has 1 fully saturated rings. The summed E-state index contributed by atoms with van der Waals surface area (Å²) >= 11 is 1.50. The number of rotatable bonds is 5. The number of carbonyl (C=O) groups excluding carboxylic acids is 1. The van der Waals surface area contributed by atoms with E-state index in [-0.39, 0.29) is 23.7 Å². The molecule has 0 saturated carbocycles. The number of carbonyl (C=O) groups is 1. The first-order chi connectivity index (χ1) is 13.5. The van der Waals surface area contributed by atoms with Gasteiger partial charge in [0, 0.05) is 30.7 Å². The molecule has 1 aliphatic rings. The van der Waals surface area contributed by atoms with Crippen LogP contribution in [0.3, 0.4) is 0 Å². The van der Waals surface area contributed by atoms with Crippen LogP contribution in [0.15, 0.2) is 24.3 Å². The van der Waals surface area contributed by atoms with E-state index in [1.165, 1.54) is 21.8 Å². The van der Waals surface area contributed by atoms with Crippen molar-refractivity contribution in [1.29, 1.82) is 0 Å². The smallest absolute Gasteiger partial charge is 0.235 e. The van der Waals surface area contributed by atoms with Crippen LogP contribution in [-0.4, -0.2) is 38.7 Å². The Morgan fingerprint density at radius 1 is 1.43 bits per heavy atom. The molecular formula is C20H26N5O2S+. The number of amides is 1. The minimum absolute atomic E-state index is 0.0210. The number of benzene rings is 1. The highest BCUT2D eigenvalue weighted by atomic mass is 32.1. The minimum atomic E-state index is -0.208. The maximum atomic E-state index is 11.6. The van der Waals surface area contributed by atoms with Crippen LogP contribution in [0, 0.1) is 12.8 Å². The average Bonchev–Trinajstić information content (AvgIpc) is 3.22. The summed E-state index contributed by atoms with van der Waals surface area (Å²) in [6.45, 7) is 5.74. The molecule has 4 N–H and O–H groups in total. The van der Waals surface area contributed by atoms with E-state index in [4.69, 9.17) is 5.73 Å². The molecule has 1 aromatic carbocycles. The molecule has 0 radical (unpaired) electrons. The molecule has 0 bridgehead atoms. The number of aryl methyl sites for hydroxylation is 2. The van der Waals surface area contributed by atoms with Crippen molar-refractivity contribution in [2.75, 3.05) is 13.1 Å². The number of nitrogens with zero attached hydrogens (tertiary/aromatic N) is 3. The molecule has 1 aliphatic heterocycles. The van der Waals surface area contributed by atoms with Crippen molar-refractivity contribution in [3.8, 4) is 5.88 Å². The number of quaternary nitrogens is 1. The van der Waals surface area contributed by atoms with Crippen LogP contribution in [0.5, 0.6) is 5.88 Å². The Morgan fingerprint density at radius 2 is 2.18 bits per heavy atom. The maximum absolute atomic E-state index is 11.6. The first-order valence-electron chi connectivity index (χ1n) is 9.75. The van der Waals surface area contributed by atoms with Gasteiger partial charge in [-0.1, -0.05) is 42.0 Å². The Labute approximate surface area is 167 Å². The molecule has 28 heavy (non-hydrogen) atoms. The van der Waals surface area contributed by atoms with E-state index < -0.39 is 0 Å². The third kappa shape index (κ3) is 3.38. The standard InChI is InChI=1S/C20H25N5O2S/c1-3-15-22-20-25(23-15)19(27)17(28-20)16(14-6-4-5-12(2)11-14)24-9-7-13(8-10-24)18(21)26/h4-6,11,13,16,27H,3,7-10H2,1-2H3,(H2,21,26)/p+1/t16-/m0/s1. The number of fused-ring (bicyclic) bond motifs is 1. The van der Waals surface area contributed by atoms with E-state index in [9.17, 15) is 9.90 Å². The van der Waals surface area contributed by atoms with Crippen molar-refractivity contribution in [2.24, 2.45) is 11.7 Å². The fourth-order valence-electron chi connectivity index (χ4n) is 4.11. The number of thiazole rings is 1. The lowest BCUT2D eigenvalue weighted by Gasteiger charge is -2.33. The number of aromatic hydroxyl groups is 1. The molecule has 4 rings (SSSR count). The quantitative estimate of drug-likeness (QED) is 0.600. The van der Waals surface area contributed by atoms with E-state index in [2.05, 4.69) is 41.3 Å². The zero-order chi connectivity index (χ0) is 19.8. The second-order valence-electron chi connectivity index (χ2n) is 7.55. The lowest BCUT2D eigenvalue weighted by Crippen LogP contribution is -3.13. The Balaban J connectivity index is 1.74. The third-order valence-electron chi connectivity index (χ3n) is 5.64. The number of likely N-dealkylation sites (tertiary alicyclic amines) is 1. The number of nitrogens with two attached hydrogens (primary N) is 1. The van der Waals surface area contributed by atoms with Crippen molar-refractivity contribution in [2.45, 2.75) is 39.2 Å². The van der Waals surface area contributed by atoms with Crippen LogP contribution < -0.4 is 10.6 Å². The lowest BCUT2D eigenvalue weighted by molar-refractivity contribution is -0.930. The Hall–Kier alpha value is -2.45. The SMILES string of the molecule is CCc1nc2sc([C@H](c3cccc(C)c3)[NH+]3CCC(C(N)=O)CC3)c(O)n2n1. The van der Waals surface area contributed by atoms with Crippen LogP contribution in [-0.2, 0) is 11.2 Å². The molecule has 3 heterocycles. The molecule has 0 spiro atoms. The van der Waals surface area contributed by atoms with Gasteiger partial charge >= 0.3 is 0 Å². The average molecular weight is 401 g/mol. The molecule has 2 aromatic heterocycles. The van der Waals surface area contributed by atoms with Crippen LogP contribution in [0.2, 0.25) is 0 Å². The highest BCUT2D eigenvalue weighted by Gasteiger charge is 2.36. The predicted octanol–water partition coefficient (Wildman–Crippen LogP) is 1.24. The number of hydrogen-bond acceptors (Lipinski definition) is 5. The number of hydrogen-bond donors (Lipinski definition) is 3. The van der Waals surface area contributed by atoms with Crippen LogP contribution in [0.4, 0.5) is 0 Å². The second-order valence-corrected chi connectivity index (χ2v) is 8.56. The normalized spacial score (nSPS) is 21.1. The van der Waals surface area contributed by atoms with Crippen molar-refractivity contribution in [3.63, 3.8) is 0 Å². The number of primary amides is 1. The molecule has 148 valence electrons. The number of aromatic nitrogens is 3. The fourth-order valence-corrected chi connectivity index (χ4v) is 5.27. The van der Waals surface area contributed by atoms with Crippen molar-refractivity contribution >= 4 is 22.2 Å². The zero-order valence-electron chi connectivity index (χ0n) is 16.2. The monoisotopic (exact) mass is 400 g/mol. The third-order valence-corrected chi connectivity index (χ3v) is 6.72. The van der Waals surface area contributed by atoms with Gasteiger partial charge in [-0.15, -0.1) is 5.10 Å². The molecule has 1 amide bonds. The van der Waals surface area contributed by atoms with Gasteiger partial charge in [-0.2, -0.15) is 4.52 Å². The van der Waals surface area contributed by atoms with Gasteiger partial charge in [-0.25, -0.2) is 4.98 Å². The van der Waals surface area contributed by atoms with Gasteiger partial charge in [0.1, 0.15) is 4.88 Å². The van der Waals surface area contributed by atoms with Gasteiger partial charge in [-0.05, 0) is 13.0 Å². The Bertz CT molecular complexity index is 1000. The van der Waals surface area contributed by atoms with Gasteiger partial charge in [0.25, 0.3) is 0 Å². The molecule has 3 aromatic rings. The van der Waals surface area contributed by atoms with Gasteiger partial charge in [0.2, 0.25) is 16.7 Å². The van der Waals surface area contributed by atoms with Crippen molar-refractivity contribution in [1.82, 2.24) is 14.6 Å². The molecule has 8 heteroatoms. The summed E-state index contributed by atoms with van der Waals surface area (Å²) in [6.07, 6.45) is 2.28. The fraction of sp³-hybridized carbons (Fsp3) is 0.450. The molecule has 1 atom stereocenters. The van der Waals surface area contributed by atoms with E-state index in [0.717, 1.165) is 48.6 Å². The molecular weight excluding hydrogens is 374 g/mol. The van der Waals surface area contributed by atoms with Crippen molar-refractivity contribution < 1.29 is 14.8 Å². The second kappa shape index (κ2) is 7.52. The topological polar surface area (TPSA) is 98.0 Å². The van der Waals surface area contributed by atoms with Gasteiger partial charge in [0.15, 0.2) is 11.9 Å². The molecule has 0 unspecified atom stereocenters. The molecule has 0 aliphatic carbocycles. The highest BCUT2D eigenvalue weighted by molar-refractivity contribution is 7.17. The number of nitrogens with one attached hydrogen (secondary N) is 1. The summed E-state index contributed by atoms with van der Waals surface area (Å²) in [7, 11) is 0. The number of piperidine rings is 1. The lowest BCUT2D eigenvalue weighted by atomic mass is 9.93. The van der Waals surface area contributed by atoms with Crippen LogP contribution in [0.25, 0.3) is 4.96 Å². The van der Waals surface area contributed by atoms with Crippen LogP contribution in [0.1, 0.15) is 47.6 Å². The summed E-state index contributed by atoms with van der Waals surface area (Å²) in [4.78, 5) is 19.0. The van der Waals surface area contributed by atoms with Gasteiger partial charge < -0.3 is 15.7 Å². The van der Waals surface area contributed by atoms with Gasteiger partial charge in [0.05, 0.1) is 13.1 Å². The first-order valence-corrected chi connectivity index (χ1v) is 10.6. The minimum Gasteiger partial charge on any atom is -0.492 e. The molecule has 7 nitrogen and oxygen atoms in total. The summed E-state index contributed by atoms with van der Waals surface area (Å²) < 4.78 is 1.55. The Kier molecular flexibility index (Phi) is 5.07. The van der Waals surface area contributed by atoms with E-state index in [1.54, 1.807) is 4.52 Å². The maximum Gasteiger partial charge on any atom is 0.235 e. The van der Waals surface area contributed by atoms with Crippen molar-refractivity contribution in [3.05, 3.63) is 46.1 Å².